The maximum atomic E-state index is 11.6. The average molecular weight is 477 g/mol. The van der Waals surface area contributed by atoms with E-state index < -0.39 is 13.9 Å². The number of hydrogen-bond donors (Lipinski definition) is 1. The summed E-state index contributed by atoms with van der Waals surface area (Å²) in [6, 6.07) is 22.0. The zero-order valence-corrected chi connectivity index (χ0v) is 23.3. The molecule has 2 aromatic rings. The molecule has 184 valence electrons. The van der Waals surface area contributed by atoms with Crippen molar-refractivity contribution < 1.29 is 9.53 Å². The highest BCUT2D eigenvalue weighted by Crippen LogP contribution is 2.60. The summed E-state index contributed by atoms with van der Waals surface area (Å²) in [4.78, 5) is 0. The molecule has 2 fully saturated rings. The minimum absolute atomic E-state index is 0.0422. The van der Waals surface area contributed by atoms with Crippen molar-refractivity contribution in [1.82, 2.24) is 0 Å². The van der Waals surface area contributed by atoms with E-state index in [1.807, 2.05) is 0 Å². The summed E-state index contributed by atoms with van der Waals surface area (Å²) in [5.74, 6) is 0.627. The molecule has 4 rings (SSSR count). The lowest BCUT2D eigenvalue weighted by atomic mass is 9.59. The van der Waals surface area contributed by atoms with E-state index in [2.05, 4.69) is 115 Å². The highest BCUT2D eigenvalue weighted by atomic mass is 28.4. The molecule has 0 heterocycles. The summed E-state index contributed by atoms with van der Waals surface area (Å²) in [6.07, 6.45) is 6.47. The van der Waals surface area contributed by atoms with Gasteiger partial charge >= 0.3 is 0 Å². The largest absolute Gasteiger partial charge is 0.404 e. The zero-order chi connectivity index (χ0) is 24.8. The quantitative estimate of drug-likeness (QED) is 0.395. The third kappa shape index (κ3) is 4.25. The van der Waals surface area contributed by atoms with Gasteiger partial charge in [-0.2, -0.15) is 0 Å². The van der Waals surface area contributed by atoms with Crippen LogP contribution in [-0.4, -0.2) is 25.1 Å². The van der Waals surface area contributed by atoms with Gasteiger partial charge < -0.3 is 9.53 Å². The molecule has 0 unspecified atom stereocenters. The molecular weight excluding hydrogens is 432 g/mol. The Hall–Kier alpha value is -1.68. The first-order valence-corrected chi connectivity index (χ1v) is 15.0. The Morgan fingerprint density at radius 1 is 0.912 bits per heavy atom. The van der Waals surface area contributed by atoms with Gasteiger partial charge in [-0.1, -0.05) is 100 Å². The Labute approximate surface area is 208 Å². The lowest BCUT2D eigenvalue weighted by molar-refractivity contribution is -0.138. The van der Waals surface area contributed by atoms with E-state index in [1.165, 1.54) is 15.9 Å². The van der Waals surface area contributed by atoms with Gasteiger partial charge in [0.05, 0.1) is 11.7 Å². The minimum atomic E-state index is -2.64. The van der Waals surface area contributed by atoms with Gasteiger partial charge in [-0.05, 0) is 73.2 Å². The Kier molecular flexibility index (Phi) is 6.78. The number of fused-ring (bicyclic) bond motifs is 1. The van der Waals surface area contributed by atoms with E-state index in [9.17, 15) is 5.11 Å². The molecule has 2 aliphatic rings. The van der Waals surface area contributed by atoms with Crippen LogP contribution in [0.15, 0.2) is 72.3 Å². The van der Waals surface area contributed by atoms with Crippen LogP contribution in [-0.2, 0) is 4.43 Å². The third-order valence-electron chi connectivity index (χ3n) is 8.76. The van der Waals surface area contributed by atoms with Crippen LogP contribution in [0.1, 0.15) is 74.1 Å². The fourth-order valence-electron chi connectivity index (χ4n) is 7.44. The van der Waals surface area contributed by atoms with Crippen molar-refractivity contribution in [1.29, 1.82) is 0 Å². The highest BCUT2D eigenvalue weighted by molar-refractivity contribution is 6.99. The summed E-state index contributed by atoms with van der Waals surface area (Å²) >= 11 is 0. The molecule has 5 atom stereocenters. The first kappa shape index (κ1) is 25.4. The summed E-state index contributed by atoms with van der Waals surface area (Å²) < 4.78 is 7.69. The molecule has 0 saturated heterocycles. The van der Waals surface area contributed by atoms with Gasteiger partial charge in [-0.15, -0.1) is 0 Å². The molecule has 0 radical (unpaired) electrons. The van der Waals surface area contributed by atoms with E-state index in [0.717, 1.165) is 25.7 Å². The third-order valence-corrected chi connectivity index (χ3v) is 13.8. The second kappa shape index (κ2) is 9.08. The van der Waals surface area contributed by atoms with E-state index in [0.29, 0.717) is 5.92 Å². The maximum absolute atomic E-state index is 11.6. The fraction of sp³-hybridized carbons (Fsp3) is 0.548. The Bertz CT molecular complexity index is 961. The first-order chi connectivity index (χ1) is 15.9. The minimum Gasteiger partial charge on any atom is -0.404 e. The number of hydrogen-bond acceptors (Lipinski definition) is 2. The van der Waals surface area contributed by atoms with E-state index in [1.54, 1.807) is 0 Å². The lowest BCUT2D eigenvalue weighted by Gasteiger charge is -2.55. The Morgan fingerprint density at radius 2 is 1.44 bits per heavy atom. The second-order valence-electron chi connectivity index (χ2n) is 12.6. The Morgan fingerprint density at radius 3 is 1.91 bits per heavy atom. The highest BCUT2D eigenvalue weighted by Gasteiger charge is 2.62. The molecule has 0 amide bonds. The van der Waals surface area contributed by atoms with E-state index in [-0.39, 0.29) is 22.5 Å². The van der Waals surface area contributed by atoms with Crippen molar-refractivity contribution in [2.24, 2.45) is 17.3 Å². The standard InChI is InChI=1S/C31H44O2Si/c1-23(2)22-24-18-20-30(6)27(19-21-31(7,32)28(24)30)33-34(29(3,4)5,25-14-10-8-11-15-25)26-16-12-9-13-17-26/h8-17,22,24,27-28,32H,18-21H2,1-7H3/t24-,27-,28-,30+,31+/m0/s1. The number of benzene rings is 2. The van der Waals surface area contributed by atoms with Crippen molar-refractivity contribution in [3.05, 3.63) is 72.3 Å². The molecule has 2 saturated carbocycles. The van der Waals surface area contributed by atoms with Crippen molar-refractivity contribution in [2.45, 2.75) is 90.9 Å². The normalized spacial score (nSPS) is 31.7. The Balaban J connectivity index is 1.85. The van der Waals surface area contributed by atoms with Gasteiger partial charge in [-0.3, -0.25) is 0 Å². The predicted octanol–water partition coefficient (Wildman–Crippen LogP) is 6.48. The van der Waals surface area contributed by atoms with Gasteiger partial charge in [0.1, 0.15) is 0 Å². The van der Waals surface area contributed by atoms with Gasteiger partial charge in [0, 0.05) is 5.92 Å². The van der Waals surface area contributed by atoms with Crippen LogP contribution in [0, 0.1) is 17.3 Å². The second-order valence-corrected chi connectivity index (χ2v) is 16.8. The van der Waals surface area contributed by atoms with Gasteiger partial charge in [0.15, 0.2) is 0 Å². The molecule has 1 N–H and O–H groups in total. The topological polar surface area (TPSA) is 29.5 Å². The van der Waals surface area contributed by atoms with Crippen molar-refractivity contribution in [3.8, 4) is 0 Å². The molecule has 0 bridgehead atoms. The molecule has 2 nitrogen and oxygen atoms in total. The van der Waals surface area contributed by atoms with Crippen LogP contribution in [0.4, 0.5) is 0 Å². The van der Waals surface area contributed by atoms with Crippen molar-refractivity contribution >= 4 is 18.7 Å². The molecule has 0 aromatic heterocycles. The number of allylic oxidation sites excluding steroid dienone is 2. The zero-order valence-electron chi connectivity index (χ0n) is 22.3. The smallest absolute Gasteiger partial charge is 0.261 e. The van der Waals surface area contributed by atoms with Crippen LogP contribution in [0.2, 0.25) is 5.04 Å². The summed E-state index contributed by atoms with van der Waals surface area (Å²) in [5, 5.41) is 14.3. The molecule has 34 heavy (non-hydrogen) atoms. The van der Waals surface area contributed by atoms with Crippen LogP contribution >= 0.6 is 0 Å². The average Bonchev–Trinajstić information content (AvgIpc) is 3.11. The van der Waals surface area contributed by atoms with Crippen molar-refractivity contribution in [2.75, 3.05) is 0 Å². The molecule has 2 aromatic carbocycles. The molecule has 3 heteroatoms. The van der Waals surface area contributed by atoms with Gasteiger partial charge in [0.2, 0.25) is 0 Å². The molecule has 0 aliphatic heterocycles. The summed E-state index contributed by atoms with van der Waals surface area (Å²) in [7, 11) is -2.64. The van der Waals surface area contributed by atoms with Crippen LogP contribution in [0.3, 0.4) is 0 Å². The lowest BCUT2D eigenvalue weighted by Crippen LogP contribution is -2.70. The van der Waals surface area contributed by atoms with E-state index >= 15 is 0 Å². The SMILES string of the molecule is CC(C)=C[C@@H]1CC[C@]2(C)[C@@H](O[Si](c3ccccc3)(c3ccccc3)C(C)(C)C)CC[C@@](C)(O)[C@@H]12. The molecule has 2 aliphatic carbocycles. The number of rotatable bonds is 5. The summed E-state index contributed by atoms with van der Waals surface area (Å²) in [5.41, 5.74) is 0.638. The monoisotopic (exact) mass is 476 g/mol. The maximum Gasteiger partial charge on any atom is 0.261 e. The summed E-state index contributed by atoms with van der Waals surface area (Å²) in [6.45, 7) is 15.9. The van der Waals surface area contributed by atoms with Crippen LogP contribution in [0.25, 0.3) is 0 Å². The van der Waals surface area contributed by atoms with Crippen LogP contribution < -0.4 is 10.4 Å². The molecule has 0 spiro atoms. The van der Waals surface area contributed by atoms with Crippen LogP contribution in [0.5, 0.6) is 0 Å². The first-order valence-electron chi connectivity index (χ1n) is 13.1. The van der Waals surface area contributed by atoms with Gasteiger partial charge in [0.25, 0.3) is 8.32 Å². The fourth-order valence-corrected chi connectivity index (χ4v) is 12.3. The van der Waals surface area contributed by atoms with E-state index in [4.69, 9.17) is 4.43 Å². The van der Waals surface area contributed by atoms with Crippen molar-refractivity contribution in [3.63, 3.8) is 0 Å². The van der Waals surface area contributed by atoms with Gasteiger partial charge in [-0.25, -0.2) is 0 Å². The molecular formula is C31H44O2Si. The predicted molar refractivity (Wildman–Crippen MR) is 146 cm³/mol. The number of aliphatic hydroxyl groups is 1.